The third kappa shape index (κ3) is 3.09. The number of benzene rings is 3. The Morgan fingerprint density at radius 2 is 1.67 bits per heavy atom. The van der Waals surface area contributed by atoms with E-state index in [2.05, 4.69) is 9.71 Å². The maximum atomic E-state index is 12.9. The van der Waals surface area contributed by atoms with Crippen LogP contribution in [0.2, 0.25) is 0 Å². The molecule has 0 spiro atoms. The summed E-state index contributed by atoms with van der Waals surface area (Å²) in [5.74, 6) is -1.06. The zero-order valence-corrected chi connectivity index (χ0v) is 14.8. The number of nitrogens with zero attached hydrogens (tertiary/aromatic N) is 1. The zero-order chi connectivity index (χ0) is 19.0. The van der Waals surface area contributed by atoms with Gasteiger partial charge in [-0.3, -0.25) is 9.71 Å². The van der Waals surface area contributed by atoms with Crippen LogP contribution in [-0.2, 0) is 10.0 Å². The first kappa shape index (κ1) is 17.0. The largest absolute Gasteiger partial charge is 0.478 e. The van der Waals surface area contributed by atoms with Gasteiger partial charge in [0, 0.05) is 11.6 Å². The van der Waals surface area contributed by atoms with Crippen molar-refractivity contribution in [3.63, 3.8) is 0 Å². The Morgan fingerprint density at radius 1 is 0.926 bits per heavy atom. The van der Waals surface area contributed by atoms with Gasteiger partial charge in [-0.05, 0) is 41.1 Å². The average Bonchev–Trinajstić information content (AvgIpc) is 2.67. The molecule has 0 saturated carbocycles. The number of hydrogen-bond acceptors (Lipinski definition) is 4. The Morgan fingerprint density at radius 3 is 2.48 bits per heavy atom. The number of carbonyl (C=O) groups is 1. The summed E-state index contributed by atoms with van der Waals surface area (Å²) in [6.07, 6.45) is 1.60. The lowest BCUT2D eigenvalue weighted by Crippen LogP contribution is -2.13. The van der Waals surface area contributed by atoms with Gasteiger partial charge in [0.25, 0.3) is 10.0 Å². The summed E-state index contributed by atoms with van der Waals surface area (Å²) in [7, 11) is -3.87. The summed E-state index contributed by atoms with van der Waals surface area (Å²) in [5.41, 5.74) is 1.06. The van der Waals surface area contributed by atoms with Crippen molar-refractivity contribution >= 4 is 43.4 Å². The first-order chi connectivity index (χ1) is 13.0. The molecular weight excluding hydrogens is 364 g/mol. The third-order valence-electron chi connectivity index (χ3n) is 4.27. The number of anilines is 1. The second-order valence-electron chi connectivity index (χ2n) is 5.98. The first-order valence-corrected chi connectivity index (χ1v) is 9.57. The van der Waals surface area contributed by atoms with Gasteiger partial charge >= 0.3 is 5.97 Å². The minimum Gasteiger partial charge on any atom is -0.478 e. The van der Waals surface area contributed by atoms with Crippen molar-refractivity contribution in [3.05, 3.63) is 78.5 Å². The Balaban J connectivity index is 1.79. The van der Waals surface area contributed by atoms with Crippen LogP contribution in [0.25, 0.3) is 21.7 Å². The number of aromatic nitrogens is 1. The van der Waals surface area contributed by atoms with Gasteiger partial charge in [-0.1, -0.05) is 36.4 Å². The number of nitrogens with one attached hydrogen (secondary N) is 1. The standard InChI is InChI=1S/C20H14N2O4S/c23-20(24)17-7-1-5-14-12-15(9-10-16(14)17)27(25,26)22-18-8-2-4-13-6-3-11-21-19(13)18/h1-12,22H,(H,23,24). The lowest BCUT2D eigenvalue weighted by atomic mass is 10.1. The van der Waals surface area contributed by atoms with E-state index in [0.717, 1.165) is 5.39 Å². The van der Waals surface area contributed by atoms with Gasteiger partial charge in [0.15, 0.2) is 0 Å². The second-order valence-corrected chi connectivity index (χ2v) is 7.66. The van der Waals surface area contributed by atoms with Crippen LogP contribution in [0.4, 0.5) is 5.69 Å². The molecule has 0 aliphatic carbocycles. The molecule has 3 aromatic carbocycles. The van der Waals surface area contributed by atoms with Crippen LogP contribution in [0.5, 0.6) is 0 Å². The highest BCUT2D eigenvalue weighted by Crippen LogP contribution is 2.26. The van der Waals surface area contributed by atoms with Gasteiger partial charge in [0.05, 0.1) is 21.7 Å². The van der Waals surface area contributed by atoms with Crippen LogP contribution in [0.1, 0.15) is 10.4 Å². The molecule has 7 heteroatoms. The van der Waals surface area contributed by atoms with E-state index in [0.29, 0.717) is 22.0 Å². The van der Waals surface area contributed by atoms with E-state index in [4.69, 9.17) is 0 Å². The van der Waals surface area contributed by atoms with Crippen molar-refractivity contribution in [2.24, 2.45) is 0 Å². The highest BCUT2D eigenvalue weighted by Gasteiger charge is 2.17. The Hall–Kier alpha value is -3.45. The molecule has 0 atom stereocenters. The van der Waals surface area contributed by atoms with Crippen LogP contribution in [0.15, 0.2) is 77.8 Å². The van der Waals surface area contributed by atoms with Gasteiger partial charge in [-0.25, -0.2) is 13.2 Å². The van der Waals surface area contributed by atoms with Gasteiger partial charge in [0.1, 0.15) is 0 Å². The van der Waals surface area contributed by atoms with Crippen LogP contribution in [0.3, 0.4) is 0 Å². The molecule has 0 saturated heterocycles. The monoisotopic (exact) mass is 378 g/mol. The summed E-state index contributed by atoms with van der Waals surface area (Å²) >= 11 is 0. The lowest BCUT2D eigenvalue weighted by Gasteiger charge is -2.11. The molecule has 1 aromatic heterocycles. The summed E-state index contributed by atoms with van der Waals surface area (Å²) in [6.45, 7) is 0. The molecule has 4 rings (SSSR count). The number of aromatic carboxylic acids is 1. The molecule has 0 aliphatic heterocycles. The van der Waals surface area contributed by atoms with Crippen LogP contribution in [0, 0.1) is 0 Å². The molecule has 0 amide bonds. The van der Waals surface area contributed by atoms with E-state index >= 15 is 0 Å². The molecule has 0 radical (unpaired) electrons. The number of pyridine rings is 1. The number of para-hydroxylation sites is 1. The van der Waals surface area contributed by atoms with E-state index in [1.807, 2.05) is 12.1 Å². The summed E-state index contributed by atoms with van der Waals surface area (Å²) < 4.78 is 28.3. The molecule has 6 nitrogen and oxygen atoms in total. The maximum absolute atomic E-state index is 12.9. The number of carboxylic acid groups (broad SMARTS) is 1. The van der Waals surface area contributed by atoms with Crippen molar-refractivity contribution in [1.29, 1.82) is 0 Å². The highest BCUT2D eigenvalue weighted by molar-refractivity contribution is 7.92. The zero-order valence-electron chi connectivity index (χ0n) is 14.0. The molecular formula is C20H14N2O4S. The van der Waals surface area contributed by atoms with Crippen molar-refractivity contribution in [2.75, 3.05) is 4.72 Å². The summed E-state index contributed by atoms with van der Waals surface area (Å²) in [4.78, 5) is 15.6. The predicted molar refractivity (Wildman–Crippen MR) is 103 cm³/mol. The number of fused-ring (bicyclic) bond motifs is 2. The van der Waals surface area contributed by atoms with E-state index in [9.17, 15) is 18.3 Å². The minimum absolute atomic E-state index is 0.0467. The predicted octanol–water partition coefficient (Wildman–Crippen LogP) is 3.89. The van der Waals surface area contributed by atoms with E-state index in [1.165, 1.54) is 24.3 Å². The van der Waals surface area contributed by atoms with Gasteiger partial charge in [0.2, 0.25) is 0 Å². The molecule has 27 heavy (non-hydrogen) atoms. The lowest BCUT2D eigenvalue weighted by molar-refractivity contribution is 0.0699. The molecule has 134 valence electrons. The normalized spacial score (nSPS) is 11.6. The van der Waals surface area contributed by atoms with Crippen molar-refractivity contribution in [1.82, 2.24) is 4.98 Å². The van der Waals surface area contributed by atoms with Crippen molar-refractivity contribution in [3.8, 4) is 0 Å². The van der Waals surface area contributed by atoms with Gasteiger partial charge < -0.3 is 5.11 Å². The number of sulfonamides is 1. The molecule has 0 bridgehead atoms. The molecule has 1 heterocycles. The highest BCUT2D eigenvalue weighted by atomic mass is 32.2. The second kappa shape index (κ2) is 6.37. The van der Waals surface area contributed by atoms with Gasteiger partial charge in [-0.15, -0.1) is 0 Å². The quantitative estimate of drug-likeness (QED) is 0.562. The SMILES string of the molecule is O=C(O)c1cccc2cc(S(=O)(=O)Nc3cccc4cccnc34)ccc12. The van der Waals surface area contributed by atoms with E-state index in [1.54, 1.807) is 36.5 Å². The summed E-state index contributed by atoms with van der Waals surface area (Å²) in [6, 6.07) is 18.0. The topological polar surface area (TPSA) is 96.4 Å². The fourth-order valence-corrected chi connectivity index (χ4v) is 4.11. The Kier molecular flexibility index (Phi) is 4.01. The average molecular weight is 378 g/mol. The molecule has 0 aliphatic rings. The molecule has 2 N–H and O–H groups in total. The number of carboxylic acids is 1. The first-order valence-electron chi connectivity index (χ1n) is 8.08. The third-order valence-corrected chi connectivity index (χ3v) is 5.63. The maximum Gasteiger partial charge on any atom is 0.336 e. The fraction of sp³-hybridized carbons (Fsp3) is 0. The van der Waals surface area contributed by atoms with Crippen molar-refractivity contribution < 1.29 is 18.3 Å². The van der Waals surface area contributed by atoms with E-state index in [-0.39, 0.29) is 10.5 Å². The fourth-order valence-electron chi connectivity index (χ4n) is 3.01. The van der Waals surface area contributed by atoms with Crippen molar-refractivity contribution in [2.45, 2.75) is 4.90 Å². The summed E-state index contributed by atoms with van der Waals surface area (Å²) in [5, 5.41) is 11.1. The number of hydrogen-bond donors (Lipinski definition) is 2. The number of rotatable bonds is 4. The van der Waals surface area contributed by atoms with E-state index < -0.39 is 16.0 Å². The van der Waals surface area contributed by atoms with Crippen LogP contribution in [-0.4, -0.2) is 24.5 Å². The van der Waals surface area contributed by atoms with Crippen LogP contribution < -0.4 is 4.72 Å². The molecule has 0 fully saturated rings. The van der Waals surface area contributed by atoms with Crippen LogP contribution >= 0.6 is 0 Å². The molecule has 4 aromatic rings. The minimum atomic E-state index is -3.87. The Bertz CT molecular complexity index is 1290. The Labute approximate surface area is 155 Å². The van der Waals surface area contributed by atoms with Gasteiger partial charge in [-0.2, -0.15) is 0 Å². The smallest absolute Gasteiger partial charge is 0.336 e. The molecule has 0 unspecified atom stereocenters.